The number of phosphoric acid groups is 1. The molecular formula is CH7N2O5PS. The van der Waals surface area contributed by atoms with Crippen molar-refractivity contribution in [3.63, 3.8) is 0 Å². The highest BCUT2D eigenvalue weighted by molar-refractivity contribution is 7.78. The minimum absolute atomic E-state index is 0.631. The van der Waals surface area contributed by atoms with Gasteiger partial charge in [0.1, 0.15) is 0 Å². The molecule has 0 saturated heterocycles. The molecule has 6 N–H and O–H groups in total. The van der Waals surface area contributed by atoms with E-state index in [1.54, 1.807) is 0 Å². The number of carbonyl (C=O) groups excluding carboxylic acids is 1. The maximum Gasteiger partial charge on any atom is 0.466 e. The molecule has 0 rings (SSSR count). The summed E-state index contributed by atoms with van der Waals surface area (Å²) < 4.78 is 10.7. The number of nitrogens with one attached hydrogen (secondary N) is 1. The molecule has 0 aliphatic heterocycles. The lowest BCUT2D eigenvalue weighted by Gasteiger charge is -1.82. The summed E-state index contributed by atoms with van der Waals surface area (Å²) in [7, 11) is -4.64. The maximum absolute atomic E-state index is 9.40. The Morgan fingerprint density at radius 3 is 1.60 bits per heavy atom. The van der Waals surface area contributed by atoms with E-state index in [0.29, 0.717) is 0 Å². The Bertz CT molecular complexity index is 134. The van der Waals surface area contributed by atoms with Gasteiger partial charge in [-0.3, -0.25) is 4.72 Å². The molecule has 10 heavy (non-hydrogen) atoms. The second kappa shape index (κ2) is 5.51. The number of hydrogen-bond acceptors (Lipinski definition) is 3. The summed E-state index contributed by atoms with van der Waals surface area (Å²) in [6.45, 7) is 0. The molecule has 9 heteroatoms. The Hall–Kier alpha value is -0.270. The zero-order valence-corrected chi connectivity index (χ0v) is 6.42. The highest BCUT2D eigenvalue weighted by Crippen LogP contribution is 2.25. The molecule has 62 valence electrons. The van der Waals surface area contributed by atoms with E-state index in [9.17, 15) is 4.79 Å². The SMILES string of the molecule is NC(=O)NS.O=P(O)(O)O. The zero-order valence-electron chi connectivity index (χ0n) is 4.63. The van der Waals surface area contributed by atoms with Crippen molar-refractivity contribution in [2.45, 2.75) is 0 Å². The predicted molar refractivity (Wildman–Crippen MR) is 36.0 cm³/mol. The molecule has 0 fully saturated rings. The molecule has 0 aliphatic rings. The van der Waals surface area contributed by atoms with Crippen molar-refractivity contribution >= 4 is 26.7 Å². The van der Waals surface area contributed by atoms with E-state index in [-0.39, 0.29) is 0 Å². The molecule has 0 spiro atoms. The average Bonchev–Trinajstić information content (AvgIpc) is 1.61. The van der Waals surface area contributed by atoms with Gasteiger partial charge in [0.2, 0.25) is 0 Å². The number of thiol groups is 1. The lowest BCUT2D eigenvalue weighted by atomic mass is 11.2. The molecule has 0 bridgehead atoms. The van der Waals surface area contributed by atoms with Crippen LogP contribution in [0.3, 0.4) is 0 Å². The van der Waals surface area contributed by atoms with Crippen molar-refractivity contribution in [2.24, 2.45) is 5.73 Å². The van der Waals surface area contributed by atoms with Crippen LogP contribution in [0.4, 0.5) is 4.79 Å². The van der Waals surface area contributed by atoms with Gasteiger partial charge in [-0.05, 0) is 0 Å². The van der Waals surface area contributed by atoms with Gasteiger partial charge in [-0.15, -0.1) is 0 Å². The standard InChI is InChI=1S/CH4N2OS.H3O4P/c2-1(4)3-5;1-5(2,3)4/h5H,(H3,2,3,4);(H3,1,2,3,4). The maximum atomic E-state index is 9.40. The quantitative estimate of drug-likeness (QED) is 0.206. The first-order valence-corrected chi connectivity index (χ1v) is 3.76. The van der Waals surface area contributed by atoms with Crippen LogP contribution >= 0.6 is 20.6 Å². The van der Waals surface area contributed by atoms with Crippen molar-refractivity contribution in [3.8, 4) is 0 Å². The van der Waals surface area contributed by atoms with E-state index < -0.39 is 13.9 Å². The van der Waals surface area contributed by atoms with Gasteiger partial charge >= 0.3 is 13.9 Å². The number of urea groups is 1. The van der Waals surface area contributed by atoms with Gasteiger partial charge in [-0.1, -0.05) is 12.8 Å². The Balaban J connectivity index is 0. The molecule has 0 radical (unpaired) electrons. The predicted octanol–water partition coefficient (Wildman–Crippen LogP) is -1.43. The Morgan fingerprint density at radius 2 is 1.60 bits per heavy atom. The highest BCUT2D eigenvalue weighted by atomic mass is 32.1. The van der Waals surface area contributed by atoms with Crippen LogP contribution in [0.1, 0.15) is 0 Å². The van der Waals surface area contributed by atoms with Crippen LogP contribution in [-0.2, 0) is 4.57 Å². The molecule has 0 aromatic carbocycles. The second-order valence-corrected chi connectivity index (χ2v) is 2.24. The van der Waals surface area contributed by atoms with Crippen LogP contribution in [0.25, 0.3) is 0 Å². The monoisotopic (exact) mass is 190 g/mol. The van der Waals surface area contributed by atoms with Crippen molar-refractivity contribution in [2.75, 3.05) is 0 Å². The van der Waals surface area contributed by atoms with E-state index in [4.69, 9.17) is 19.2 Å². The Labute approximate surface area is 62.0 Å². The molecule has 0 aromatic heterocycles. The number of rotatable bonds is 0. The van der Waals surface area contributed by atoms with Gasteiger partial charge in [0, 0.05) is 0 Å². The Morgan fingerprint density at radius 1 is 1.50 bits per heavy atom. The van der Waals surface area contributed by atoms with Crippen LogP contribution in [-0.4, -0.2) is 20.7 Å². The first kappa shape index (κ1) is 12.4. The minimum atomic E-state index is -4.64. The first-order chi connectivity index (χ1) is 4.27. The van der Waals surface area contributed by atoms with Crippen LogP contribution in [0.2, 0.25) is 0 Å². The summed E-state index contributed by atoms with van der Waals surface area (Å²) in [6.07, 6.45) is 0. The molecule has 2 amide bonds. The third-order valence-electron chi connectivity index (χ3n) is 0.110. The number of primary amides is 1. The second-order valence-electron chi connectivity index (χ2n) is 0.989. The molecule has 0 heterocycles. The lowest BCUT2D eigenvalue weighted by Crippen LogP contribution is -2.20. The third-order valence-corrected chi connectivity index (χ3v) is 0.331. The zero-order chi connectivity index (χ0) is 8.78. The van der Waals surface area contributed by atoms with Crippen LogP contribution in [0, 0.1) is 0 Å². The molecular weight excluding hydrogens is 183 g/mol. The van der Waals surface area contributed by atoms with E-state index in [1.165, 1.54) is 0 Å². The summed E-state index contributed by atoms with van der Waals surface area (Å²) in [6, 6.07) is -0.631. The fourth-order valence-electron chi connectivity index (χ4n) is 0. The molecule has 0 aliphatic carbocycles. The van der Waals surface area contributed by atoms with Crippen LogP contribution in [0.5, 0.6) is 0 Å². The van der Waals surface area contributed by atoms with Gasteiger partial charge in [-0.2, -0.15) is 0 Å². The topological polar surface area (TPSA) is 133 Å². The van der Waals surface area contributed by atoms with Gasteiger partial charge in [0.25, 0.3) is 0 Å². The van der Waals surface area contributed by atoms with Gasteiger partial charge in [0.15, 0.2) is 0 Å². The lowest BCUT2D eigenvalue weighted by molar-refractivity contribution is 0.254. The van der Waals surface area contributed by atoms with Crippen molar-refractivity contribution in [3.05, 3.63) is 0 Å². The Kier molecular flexibility index (Phi) is 6.84. The van der Waals surface area contributed by atoms with E-state index in [0.717, 1.165) is 0 Å². The van der Waals surface area contributed by atoms with Gasteiger partial charge in [-0.25, -0.2) is 9.36 Å². The number of amides is 2. The molecule has 0 aromatic rings. The van der Waals surface area contributed by atoms with Crippen molar-refractivity contribution in [1.82, 2.24) is 4.72 Å². The molecule has 0 saturated carbocycles. The molecule has 0 unspecified atom stereocenters. The smallest absolute Gasteiger partial charge is 0.351 e. The minimum Gasteiger partial charge on any atom is -0.351 e. The van der Waals surface area contributed by atoms with E-state index >= 15 is 0 Å². The third kappa shape index (κ3) is 117. The summed E-state index contributed by atoms with van der Waals surface area (Å²) in [5, 5.41) is 0. The molecule has 0 atom stereocenters. The van der Waals surface area contributed by atoms with Crippen LogP contribution < -0.4 is 10.5 Å². The summed E-state index contributed by atoms with van der Waals surface area (Å²) in [4.78, 5) is 31.0. The van der Waals surface area contributed by atoms with E-state index in [2.05, 4.69) is 18.5 Å². The summed E-state index contributed by atoms with van der Waals surface area (Å²) in [5.74, 6) is 0. The van der Waals surface area contributed by atoms with Crippen molar-refractivity contribution < 1.29 is 24.0 Å². The fraction of sp³-hybridized carbons (Fsp3) is 0. The number of carbonyl (C=O) groups is 1. The van der Waals surface area contributed by atoms with E-state index in [1.807, 2.05) is 4.72 Å². The normalized spacial score (nSPS) is 9.20. The largest absolute Gasteiger partial charge is 0.466 e. The molecule has 7 nitrogen and oxygen atoms in total. The van der Waals surface area contributed by atoms with Crippen molar-refractivity contribution in [1.29, 1.82) is 0 Å². The average molecular weight is 190 g/mol. The first-order valence-electron chi connectivity index (χ1n) is 1.75. The summed E-state index contributed by atoms with van der Waals surface area (Å²) in [5.41, 5.74) is 4.47. The fourth-order valence-corrected chi connectivity index (χ4v) is 0. The van der Waals surface area contributed by atoms with Gasteiger partial charge in [0.05, 0.1) is 0 Å². The number of hydrogen-bond donors (Lipinski definition) is 6. The summed E-state index contributed by atoms with van der Waals surface area (Å²) >= 11 is 3.29. The van der Waals surface area contributed by atoms with Gasteiger partial charge < -0.3 is 20.4 Å². The highest BCUT2D eigenvalue weighted by Gasteiger charge is 2.00. The van der Waals surface area contributed by atoms with Crippen LogP contribution in [0.15, 0.2) is 0 Å². The number of nitrogens with two attached hydrogens (primary N) is 1.